The van der Waals surface area contributed by atoms with Crippen LogP contribution >= 0.6 is 15.9 Å². The van der Waals surface area contributed by atoms with E-state index in [1.54, 1.807) is 0 Å². The Morgan fingerprint density at radius 1 is 1.28 bits per heavy atom. The quantitative estimate of drug-likeness (QED) is 0.947. The van der Waals surface area contributed by atoms with Crippen LogP contribution in [0.1, 0.15) is 28.1 Å². The summed E-state index contributed by atoms with van der Waals surface area (Å²) in [4.78, 5) is 0. The molecule has 0 bridgehead atoms. The van der Waals surface area contributed by atoms with E-state index < -0.39 is 0 Å². The van der Waals surface area contributed by atoms with Gasteiger partial charge in [-0.2, -0.15) is 5.10 Å². The van der Waals surface area contributed by atoms with E-state index in [1.165, 1.54) is 16.8 Å². The first kappa shape index (κ1) is 13.3. The topological polar surface area (TPSA) is 43.8 Å². The molecule has 0 aliphatic carbocycles. The summed E-state index contributed by atoms with van der Waals surface area (Å²) >= 11 is 3.60. The van der Waals surface area contributed by atoms with E-state index in [2.05, 4.69) is 53.1 Å². The van der Waals surface area contributed by atoms with Crippen molar-refractivity contribution >= 4 is 15.9 Å². The van der Waals surface area contributed by atoms with Gasteiger partial charge < -0.3 is 5.73 Å². The summed E-state index contributed by atoms with van der Waals surface area (Å²) in [6.45, 7) is 7.62. The Morgan fingerprint density at radius 3 is 2.50 bits per heavy atom. The normalized spacial score (nSPS) is 10.9. The van der Waals surface area contributed by atoms with Crippen LogP contribution in [-0.4, -0.2) is 9.78 Å². The number of nitrogens with zero attached hydrogens (tertiary/aromatic N) is 2. The van der Waals surface area contributed by atoms with Crippen LogP contribution in [0.5, 0.6) is 0 Å². The number of benzene rings is 1. The van der Waals surface area contributed by atoms with Crippen LogP contribution in [0, 0.1) is 20.8 Å². The number of nitrogens with two attached hydrogens (primary N) is 1. The van der Waals surface area contributed by atoms with Gasteiger partial charge in [-0.05, 0) is 43.5 Å². The second-order valence-electron chi connectivity index (χ2n) is 4.58. The molecule has 96 valence electrons. The van der Waals surface area contributed by atoms with Crippen molar-refractivity contribution in [2.45, 2.75) is 33.9 Å². The highest BCUT2D eigenvalue weighted by molar-refractivity contribution is 9.10. The Kier molecular flexibility index (Phi) is 3.88. The van der Waals surface area contributed by atoms with Gasteiger partial charge in [-0.1, -0.05) is 28.1 Å². The molecule has 0 unspecified atom stereocenters. The molecular formula is C14H18BrN3. The van der Waals surface area contributed by atoms with Gasteiger partial charge in [-0.25, -0.2) is 0 Å². The van der Waals surface area contributed by atoms with Gasteiger partial charge >= 0.3 is 0 Å². The zero-order chi connectivity index (χ0) is 13.3. The van der Waals surface area contributed by atoms with Crippen molar-refractivity contribution < 1.29 is 0 Å². The lowest BCUT2D eigenvalue weighted by Crippen LogP contribution is -2.05. The molecule has 2 aromatic rings. The van der Waals surface area contributed by atoms with E-state index in [-0.39, 0.29) is 0 Å². The number of hydrogen-bond acceptors (Lipinski definition) is 2. The molecule has 0 fully saturated rings. The van der Waals surface area contributed by atoms with Gasteiger partial charge in [0, 0.05) is 16.7 Å². The summed E-state index contributed by atoms with van der Waals surface area (Å²) in [5.74, 6) is 0. The fourth-order valence-electron chi connectivity index (χ4n) is 1.95. The highest BCUT2D eigenvalue weighted by Gasteiger charge is 2.09. The molecule has 0 aliphatic heterocycles. The second-order valence-corrected chi connectivity index (χ2v) is 5.44. The standard InChI is InChI=1S/C14H18BrN3/c1-9-10(2)17-18(11(9)3)8-13-5-4-12(7-16)6-14(13)15/h4-6H,7-8,16H2,1-3H3. The third-order valence-corrected chi connectivity index (χ3v) is 4.15. The van der Waals surface area contributed by atoms with E-state index in [0.29, 0.717) is 6.54 Å². The number of halogens is 1. The van der Waals surface area contributed by atoms with Crippen molar-refractivity contribution in [2.24, 2.45) is 5.73 Å². The zero-order valence-electron chi connectivity index (χ0n) is 11.0. The first-order chi connectivity index (χ1) is 8.52. The summed E-state index contributed by atoms with van der Waals surface area (Å²) in [7, 11) is 0. The van der Waals surface area contributed by atoms with Crippen LogP contribution in [0.2, 0.25) is 0 Å². The van der Waals surface area contributed by atoms with Crippen LogP contribution in [0.4, 0.5) is 0 Å². The first-order valence-corrected chi connectivity index (χ1v) is 6.80. The van der Waals surface area contributed by atoms with Gasteiger partial charge in [0.15, 0.2) is 0 Å². The molecule has 0 aliphatic rings. The predicted molar refractivity (Wildman–Crippen MR) is 77.6 cm³/mol. The molecule has 1 heterocycles. The third-order valence-electron chi connectivity index (χ3n) is 3.42. The molecule has 4 heteroatoms. The maximum Gasteiger partial charge on any atom is 0.0673 e. The van der Waals surface area contributed by atoms with Gasteiger partial charge in [0.2, 0.25) is 0 Å². The molecule has 3 nitrogen and oxygen atoms in total. The number of aryl methyl sites for hydroxylation is 1. The highest BCUT2D eigenvalue weighted by Crippen LogP contribution is 2.21. The van der Waals surface area contributed by atoms with Gasteiger partial charge in [0.05, 0.1) is 12.2 Å². The van der Waals surface area contributed by atoms with Crippen molar-refractivity contribution in [1.82, 2.24) is 9.78 Å². The van der Waals surface area contributed by atoms with Crippen LogP contribution in [-0.2, 0) is 13.1 Å². The first-order valence-electron chi connectivity index (χ1n) is 6.01. The van der Waals surface area contributed by atoms with E-state index >= 15 is 0 Å². The summed E-state index contributed by atoms with van der Waals surface area (Å²) in [5.41, 5.74) is 11.6. The van der Waals surface area contributed by atoms with Crippen LogP contribution in [0.25, 0.3) is 0 Å². The molecule has 1 aromatic heterocycles. The highest BCUT2D eigenvalue weighted by atomic mass is 79.9. The van der Waals surface area contributed by atoms with Crippen LogP contribution < -0.4 is 5.73 Å². The summed E-state index contributed by atoms with van der Waals surface area (Å²) in [6.07, 6.45) is 0. The average Bonchev–Trinajstić information content (AvgIpc) is 2.59. The number of rotatable bonds is 3. The van der Waals surface area contributed by atoms with Gasteiger partial charge in [0.1, 0.15) is 0 Å². The Balaban J connectivity index is 2.31. The van der Waals surface area contributed by atoms with Crippen molar-refractivity contribution in [3.8, 4) is 0 Å². The van der Waals surface area contributed by atoms with Gasteiger partial charge in [-0.3, -0.25) is 4.68 Å². The van der Waals surface area contributed by atoms with E-state index in [9.17, 15) is 0 Å². The fraction of sp³-hybridized carbons (Fsp3) is 0.357. The van der Waals surface area contributed by atoms with E-state index in [4.69, 9.17) is 5.73 Å². The summed E-state index contributed by atoms with van der Waals surface area (Å²) < 4.78 is 3.14. The fourth-order valence-corrected chi connectivity index (χ4v) is 2.50. The number of aromatic nitrogens is 2. The third kappa shape index (κ3) is 2.49. The molecular weight excluding hydrogens is 290 g/mol. The number of hydrogen-bond donors (Lipinski definition) is 1. The maximum atomic E-state index is 5.63. The lowest BCUT2D eigenvalue weighted by atomic mass is 10.1. The summed E-state index contributed by atoms with van der Waals surface area (Å²) in [5, 5.41) is 4.56. The van der Waals surface area contributed by atoms with Crippen LogP contribution in [0.15, 0.2) is 22.7 Å². The van der Waals surface area contributed by atoms with Crippen molar-refractivity contribution in [3.05, 3.63) is 50.8 Å². The molecule has 1 aromatic carbocycles. The lowest BCUT2D eigenvalue weighted by Gasteiger charge is -2.08. The minimum Gasteiger partial charge on any atom is -0.326 e. The molecule has 0 atom stereocenters. The molecule has 0 radical (unpaired) electrons. The monoisotopic (exact) mass is 307 g/mol. The Bertz CT molecular complexity index is 573. The summed E-state index contributed by atoms with van der Waals surface area (Å²) in [6, 6.07) is 6.25. The Morgan fingerprint density at radius 2 is 2.00 bits per heavy atom. The minimum atomic E-state index is 0.567. The van der Waals surface area contributed by atoms with E-state index in [0.717, 1.165) is 22.3 Å². The molecule has 18 heavy (non-hydrogen) atoms. The SMILES string of the molecule is Cc1nn(Cc2ccc(CN)cc2Br)c(C)c1C. The van der Waals surface area contributed by atoms with Crippen molar-refractivity contribution in [3.63, 3.8) is 0 Å². The average molecular weight is 308 g/mol. The molecule has 0 saturated carbocycles. The minimum absolute atomic E-state index is 0.567. The second kappa shape index (κ2) is 5.24. The lowest BCUT2D eigenvalue weighted by molar-refractivity contribution is 0.656. The zero-order valence-corrected chi connectivity index (χ0v) is 12.6. The molecule has 2 rings (SSSR count). The smallest absolute Gasteiger partial charge is 0.0673 e. The molecule has 0 saturated heterocycles. The maximum absolute atomic E-state index is 5.63. The van der Waals surface area contributed by atoms with Crippen molar-refractivity contribution in [1.29, 1.82) is 0 Å². The van der Waals surface area contributed by atoms with Gasteiger partial charge in [0.25, 0.3) is 0 Å². The predicted octanol–water partition coefficient (Wildman–Crippen LogP) is 3.08. The molecule has 2 N–H and O–H groups in total. The molecule has 0 amide bonds. The van der Waals surface area contributed by atoms with Gasteiger partial charge in [-0.15, -0.1) is 0 Å². The van der Waals surface area contributed by atoms with Crippen molar-refractivity contribution in [2.75, 3.05) is 0 Å². The largest absolute Gasteiger partial charge is 0.326 e. The molecule has 0 spiro atoms. The van der Waals surface area contributed by atoms with E-state index in [1.807, 2.05) is 11.6 Å². The van der Waals surface area contributed by atoms with Crippen LogP contribution in [0.3, 0.4) is 0 Å². The Hall–Kier alpha value is -1.13. The Labute approximate surface area is 116 Å².